The monoisotopic (exact) mass is 336 g/mol. The molecule has 2 heterocycles. The summed E-state index contributed by atoms with van der Waals surface area (Å²) in [4.78, 5) is 13.8. The van der Waals surface area contributed by atoms with Gasteiger partial charge in [0.25, 0.3) is 0 Å². The number of benzene rings is 1. The fourth-order valence-corrected chi connectivity index (χ4v) is 2.74. The molecule has 0 radical (unpaired) electrons. The van der Waals surface area contributed by atoms with E-state index in [1.54, 1.807) is 19.1 Å². The van der Waals surface area contributed by atoms with Crippen molar-refractivity contribution in [3.8, 4) is 0 Å². The van der Waals surface area contributed by atoms with Crippen molar-refractivity contribution in [2.45, 2.75) is 13.3 Å². The highest BCUT2D eigenvalue weighted by Gasteiger charge is 2.23. The SMILES string of the molecule is Cc1cc(NC(=O)NCC2CCN(c3ccc(F)c(F)c3)C2)no1. The van der Waals surface area contributed by atoms with Gasteiger partial charge in [0, 0.05) is 37.5 Å². The molecule has 1 fully saturated rings. The second-order valence-corrected chi connectivity index (χ2v) is 5.86. The summed E-state index contributed by atoms with van der Waals surface area (Å²) >= 11 is 0. The van der Waals surface area contributed by atoms with Crippen molar-refractivity contribution in [1.29, 1.82) is 0 Å². The Kier molecular flexibility index (Phi) is 4.64. The van der Waals surface area contributed by atoms with E-state index in [0.717, 1.165) is 19.0 Å². The third-order valence-electron chi connectivity index (χ3n) is 3.98. The van der Waals surface area contributed by atoms with E-state index in [0.29, 0.717) is 30.4 Å². The molecule has 3 rings (SSSR count). The summed E-state index contributed by atoms with van der Waals surface area (Å²) in [7, 11) is 0. The van der Waals surface area contributed by atoms with Gasteiger partial charge in [-0.25, -0.2) is 13.6 Å². The maximum atomic E-state index is 13.3. The molecular weight excluding hydrogens is 318 g/mol. The van der Waals surface area contributed by atoms with E-state index >= 15 is 0 Å². The van der Waals surface area contributed by atoms with Crippen molar-refractivity contribution in [2.24, 2.45) is 5.92 Å². The summed E-state index contributed by atoms with van der Waals surface area (Å²) in [5.41, 5.74) is 0.652. The number of anilines is 2. The van der Waals surface area contributed by atoms with E-state index in [1.807, 2.05) is 4.90 Å². The lowest BCUT2D eigenvalue weighted by molar-refractivity contribution is 0.250. The Hall–Kier alpha value is -2.64. The lowest BCUT2D eigenvalue weighted by Crippen LogP contribution is -2.34. The molecule has 1 aliphatic heterocycles. The number of aryl methyl sites for hydroxylation is 1. The zero-order chi connectivity index (χ0) is 17.1. The second kappa shape index (κ2) is 6.86. The van der Waals surface area contributed by atoms with Crippen molar-refractivity contribution < 1.29 is 18.1 Å². The third-order valence-corrected chi connectivity index (χ3v) is 3.98. The summed E-state index contributed by atoms with van der Waals surface area (Å²) in [5.74, 6) is -0.488. The molecule has 2 N–H and O–H groups in total. The first-order chi connectivity index (χ1) is 11.5. The molecule has 2 amide bonds. The number of nitrogens with one attached hydrogen (secondary N) is 2. The molecule has 1 aromatic heterocycles. The molecule has 2 aromatic rings. The summed E-state index contributed by atoms with van der Waals surface area (Å²) in [6.07, 6.45) is 0.863. The molecule has 0 saturated carbocycles. The first-order valence-electron chi connectivity index (χ1n) is 7.69. The Morgan fingerprint density at radius 3 is 2.92 bits per heavy atom. The Balaban J connectivity index is 1.47. The standard InChI is InChI=1S/C16H18F2N4O2/c1-10-6-15(21-24-10)20-16(23)19-8-11-4-5-22(9-11)12-2-3-13(17)14(18)7-12/h2-3,6-7,11H,4-5,8-9H2,1H3,(H2,19,20,21,23). The van der Waals surface area contributed by atoms with Crippen LogP contribution in [-0.2, 0) is 0 Å². The molecule has 0 aliphatic carbocycles. The molecule has 0 bridgehead atoms. The fraction of sp³-hybridized carbons (Fsp3) is 0.375. The van der Waals surface area contributed by atoms with Crippen molar-refractivity contribution in [1.82, 2.24) is 10.5 Å². The van der Waals surface area contributed by atoms with Crippen molar-refractivity contribution in [3.63, 3.8) is 0 Å². The number of amides is 2. The number of halogens is 2. The Bertz CT molecular complexity index is 735. The van der Waals surface area contributed by atoms with Crippen LogP contribution in [-0.4, -0.2) is 30.8 Å². The van der Waals surface area contributed by atoms with Crippen LogP contribution in [0.1, 0.15) is 12.2 Å². The quantitative estimate of drug-likeness (QED) is 0.901. The molecule has 24 heavy (non-hydrogen) atoms. The molecule has 1 unspecified atom stereocenters. The predicted octanol–water partition coefficient (Wildman–Crippen LogP) is 2.91. The van der Waals surface area contributed by atoms with E-state index in [4.69, 9.17) is 4.52 Å². The van der Waals surface area contributed by atoms with Gasteiger partial charge in [-0.2, -0.15) is 0 Å². The number of carbonyl (C=O) groups is 1. The molecule has 6 nitrogen and oxygen atoms in total. The second-order valence-electron chi connectivity index (χ2n) is 5.86. The summed E-state index contributed by atoms with van der Waals surface area (Å²) in [5, 5.41) is 9.05. The maximum absolute atomic E-state index is 13.3. The smallest absolute Gasteiger partial charge is 0.320 e. The molecule has 1 saturated heterocycles. The van der Waals surface area contributed by atoms with Gasteiger partial charge >= 0.3 is 6.03 Å². The van der Waals surface area contributed by atoms with Gasteiger partial charge in [0.15, 0.2) is 17.5 Å². The number of hydrogen-bond donors (Lipinski definition) is 2. The Labute approximate surface area is 137 Å². The normalized spacial score (nSPS) is 17.1. The van der Waals surface area contributed by atoms with Crippen molar-refractivity contribution in [3.05, 3.63) is 41.7 Å². The third kappa shape index (κ3) is 3.81. The maximum Gasteiger partial charge on any atom is 0.320 e. The molecular formula is C16H18F2N4O2. The highest BCUT2D eigenvalue weighted by molar-refractivity contribution is 5.88. The molecule has 1 atom stereocenters. The van der Waals surface area contributed by atoms with E-state index in [1.165, 1.54) is 6.07 Å². The zero-order valence-electron chi connectivity index (χ0n) is 13.2. The van der Waals surface area contributed by atoms with Crippen LogP contribution >= 0.6 is 0 Å². The van der Waals surface area contributed by atoms with Crippen LogP contribution in [0.25, 0.3) is 0 Å². The highest BCUT2D eigenvalue weighted by atomic mass is 19.2. The first kappa shape index (κ1) is 16.2. The molecule has 8 heteroatoms. The predicted molar refractivity (Wildman–Crippen MR) is 84.9 cm³/mol. The van der Waals surface area contributed by atoms with Crippen LogP contribution in [0.15, 0.2) is 28.8 Å². The van der Waals surface area contributed by atoms with Gasteiger partial charge in [-0.1, -0.05) is 5.16 Å². The lowest BCUT2D eigenvalue weighted by atomic mass is 10.1. The number of hydrogen-bond acceptors (Lipinski definition) is 4. The Morgan fingerprint density at radius 2 is 2.21 bits per heavy atom. The van der Waals surface area contributed by atoms with Gasteiger partial charge in [-0.05, 0) is 31.4 Å². The van der Waals surface area contributed by atoms with Gasteiger partial charge < -0.3 is 14.7 Å². The minimum Gasteiger partial charge on any atom is -0.371 e. The number of carbonyl (C=O) groups excluding carboxylic acids is 1. The van der Waals surface area contributed by atoms with Gasteiger partial charge in [0.05, 0.1) is 0 Å². The molecule has 128 valence electrons. The van der Waals surface area contributed by atoms with Gasteiger partial charge in [0.2, 0.25) is 0 Å². The average Bonchev–Trinajstić information content (AvgIpc) is 3.17. The molecule has 1 aliphatic rings. The minimum absolute atomic E-state index is 0.239. The van der Waals surface area contributed by atoms with Crippen LogP contribution in [0.4, 0.5) is 25.1 Å². The molecule has 0 spiro atoms. The van der Waals surface area contributed by atoms with Crippen LogP contribution in [0.5, 0.6) is 0 Å². The summed E-state index contributed by atoms with van der Waals surface area (Å²) in [6.45, 7) is 3.64. The van der Waals surface area contributed by atoms with Crippen LogP contribution in [0.3, 0.4) is 0 Å². The van der Waals surface area contributed by atoms with E-state index < -0.39 is 11.6 Å². The van der Waals surface area contributed by atoms with E-state index in [-0.39, 0.29) is 11.9 Å². The highest BCUT2D eigenvalue weighted by Crippen LogP contribution is 2.25. The van der Waals surface area contributed by atoms with Crippen molar-refractivity contribution >= 4 is 17.5 Å². The Morgan fingerprint density at radius 1 is 1.38 bits per heavy atom. The first-order valence-corrected chi connectivity index (χ1v) is 7.69. The number of aromatic nitrogens is 1. The average molecular weight is 336 g/mol. The van der Waals surface area contributed by atoms with Crippen molar-refractivity contribution in [2.75, 3.05) is 29.9 Å². The topological polar surface area (TPSA) is 70.4 Å². The van der Waals surface area contributed by atoms with E-state index in [9.17, 15) is 13.6 Å². The number of urea groups is 1. The van der Waals surface area contributed by atoms with Crippen LogP contribution in [0.2, 0.25) is 0 Å². The largest absolute Gasteiger partial charge is 0.371 e. The minimum atomic E-state index is -0.851. The number of rotatable bonds is 4. The number of nitrogens with zero attached hydrogens (tertiary/aromatic N) is 2. The lowest BCUT2D eigenvalue weighted by Gasteiger charge is -2.19. The van der Waals surface area contributed by atoms with Crippen LogP contribution < -0.4 is 15.5 Å². The molecule has 1 aromatic carbocycles. The zero-order valence-corrected chi connectivity index (χ0v) is 13.2. The fourth-order valence-electron chi connectivity index (χ4n) is 2.74. The summed E-state index contributed by atoms with van der Waals surface area (Å²) in [6, 6.07) is 5.16. The summed E-state index contributed by atoms with van der Waals surface area (Å²) < 4.78 is 31.2. The van der Waals surface area contributed by atoms with E-state index in [2.05, 4.69) is 15.8 Å². The van der Waals surface area contributed by atoms with Crippen LogP contribution in [0, 0.1) is 24.5 Å². The van der Waals surface area contributed by atoms with Gasteiger partial charge in [-0.15, -0.1) is 0 Å². The van der Waals surface area contributed by atoms with Gasteiger partial charge in [0.1, 0.15) is 5.76 Å². The van der Waals surface area contributed by atoms with Gasteiger partial charge in [-0.3, -0.25) is 5.32 Å².